The third-order valence-electron chi connectivity index (χ3n) is 3.05. The number of aliphatic hydroxyl groups excluding tert-OH is 1. The van der Waals surface area contributed by atoms with E-state index in [1.807, 2.05) is 26.0 Å². The van der Waals surface area contributed by atoms with E-state index in [-0.39, 0.29) is 12.2 Å². The van der Waals surface area contributed by atoms with Crippen molar-refractivity contribution in [3.05, 3.63) is 45.3 Å². The predicted octanol–water partition coefficient (Wildman–Crippen LogP) is 1.49. The van der Waals surface area contributed by atoms with Crippen LogP contribution < -0.4 is 10.9 Å². The fourth-order valence-electron chi connectivity index (χ4n) is 1.93. The topological polar surface area (TPSA) is 62.5 Å². The maximum atomic E-state index is 11.5. The van der Waals surface area contributed by atoms with Gasteiger partial charge < -0.3 is 14.8 Å². The smallest absolute Gasteiger partial charge is 0.336 e. The molecule has 0 aliphatic carbocycles. The lowest BCUT2D eigenvalue weighted by molar-refractivity contribution is 0.292. The van der Waals surface area contributed by atoms with Gasteiger partial charge in [0.15, 0.2) is 0 Å². The van der Waals surface area contributed by atoms with E-state index in [0.717, 1.165) is 16.5 Å². The van der Waals surface area contributed by atoms with Crippen molar-refractivity contribution in [3.63, 3.8) is 0 Å². The number of aliphatic hydroxyl groups is 1. The average molecular weight is 247 g/mol. The number of rotatable bonds is 4. The molecule has 0 bridgehead atoms. The summed E-state index contributed by atoms with van der Waals surface area (Å²) >= 11 is 0. The normalized spacial score (nSPS) is 11.1. The van der Waals surface area contributed by atoms with Crippen LogP contribution in [0.3, 0.4) is 0 Å². The van der Waals surface area contributed by atoms with Gasteiger partial charge in [-0.2, -0.15) is 0 Å². The quantitative estimate of drug-likeness (QED) is 0.634. The van der Waals surface area contributed by atoms with E-state index in [9.17, 15) is 4.79 Å². The van der Waals surface area contributed by atoms with Gasteiger partial charge in [-0.05, 0) is 42.7 Å². The number of nitrogens with one attached hydrogen (secondary N) is 1. The molecule has 1 heterocycles. The zero-order chi connectivity index (χ0) is 13.1. The van der Waals surface area contributed by atoms with Crippen molar-refractivity contribution in [1.82, 2.24) is 5.32 Å². The highest BCUT2D eigenvalue weighted by Gasteiger charge is 2.07. The van der Waals surface area contributed by atoms with Crippen LogP contribution >= 0.6 is 0 Å². The molecule has 96 valence electrons. The Morgan fingerprint density at radius 1 is 1.22 bits per heavy atom. The lowest BCUT2D eigenvalue weighted by Crippen LogP contribution is -2.18. The summed E-state index contributed by atoms with van der Waals surface area (Å²) in [6.45, 7) is 5.16. The predicted molar refractivity (Wildman–Crippen MR) is 70.8 cm³/mol. The average Bonchev–Trinajstić information content (AvgIpc) is 2.32. The molecule has 4 nitrogen and oxygen atoms in total. The van der Waals surface area contributed by atoms with Crippen LogP contribution in [-0.2, 0) is 6.54 Å². The van der Waals surface area contributed by atoms with Gasteiger partial charge in [0.05, 0.1) is 6.61 Å². The molecule has 0 amide bonds. The molecule has 1 aromatic carbocycles. The third kappa shape index (κ3) is 2.60. The van der Waals surface area contributed by atoms with Gasteiger partial charge in [-0.3, -0.25) is 0 Å². The van der Waals surface area contributed by atoms with Gasteiger partial charge in [0.2, 0.25) is 0 Å². The monoisotopic (exact) mass is 247 g/mol. The molecule has 0 radical (unpaired) electrons. The Kier molecular flexibility index (Phi) is 3.79. The molecule has 0 atom stereocenters. The van der Waals surface area contributed by atoms with E-state index in [4.69, 9.17) is 9.52 Å². The summed E-state index contributed by atoms with van der Waals surface area (Å²) in [4.78, 5) is 11.5. The van der Waals surface area contributed by atoms with Crippen LogP contribution in [0.2, 0.25) is 0 Å². The molecule has 18 heavy (non-hydrogen) atoms. The minimum absolute atomic E-state index is 0.0809. The van der Waals surface area contributed by atoms with Gasteiger partial charge in [0.25, 0.3) is 0 Å². The van der Waals surface area contributed by atoms with E-state index in [1.54, 1.807) is 0 Å². The van der Waals surface area contributed by atoms with Gasteiger partial charge in [-0.15, -0.1) is 0 Å². The number of aryl methyl sites for hydroxylation is 2. The summed E-state index contributed by atoms with van der Waals surface area (Å²) in [7, 11) is 0. The summed E-state index contributed by atoms with van der Waals surface area (Å²) in [6, 6.07) is 5.42. The zero-order valence-corrected chi connectivity index (χ0v) is 10.6. The fraction of sp³-hybridized carbons (Fsp3) is 0.357. The Morgan fingerprint density at radius 3 is 2.67 bits per heavy atom. The fourth-order valence-corrected chi connectivity index (χ4v) is 1.93. The summed E-state index contributed by atoms with van der Waals surface area (Å²) in [5.41, 5.74) is 3.45. The molecular weight excluding hydrogens is 230 g/mol. The third-order valence-corrected chi connectivity index (χ3v) is 3.05. The van der Waals surface area contributed by atoms with Crippen molar-refractivity contribution >= 4 is 11.0 Å². The summed E-state index contributed by atoms with van der Waals surface area (Å²) in [6.07, 6.45) is 0. The first-order chi connectivity index (χ1) is 8.61. The summed E-state index contributed by atoms with van der Waals surface area (Å²) in [5, 5.41) is 12.8. The molecule has 0 fully saturated rings. The van der Waals surface area contributed by atoms with Crippen molar-refractivity contribution < 1.29 is 9.52 Å². The van der Waals surface area contributed by atoms with E-state index in [0.29, 0.717) is 18.7 Å². The van der Waals surface area contributed by atoms with Crippen molar-refractivity contribution in [2.75, 3.05) is 13.2 Å². The van der Waals surface area contributed by atoms with Crippen molar-refractivity contribution in [2.45, 2.75) is 20.4 Å². The maximum absolute atomic E-state index is 11.5. The minimum Gasteiger partial charge on any atom is -0.423 e. The minimum atomic E-state index is -0.341. The second-order valence-corrected chi connectivity index (χ2v) is 4.42. The van der Waals surface area contributed by atoms with Crippen molar-refractivity contribution in [3.8, 4) is 0 Å². The molecule has 2 rings (SSSR count). The molecule has 0 aliphatic rings. The largest absolute Gasteiger partial charge is 0.423 e. The van der Waals surface area contributed by atoms with Crippen LogP contribution in [-0.4, -0.2) is 18.3 Å². The molecule has 0 saturated carbocycles. The van der Waals surface area contributed by atoms with Crippen molar-refractivity contribution in [1.29, 1.82) is 0 Å². The molecule has 4 heteroatoms. The van der Waals surface area contributed by atoms with Gasteiger partial charge in [0, 0.05) is 24.5 Å². The van der Waals surface area contributed by atoms with Gasteiger partial charge in [0.1, 0.15) is 5.58 Å². The number of fused-ring (bicyclic) bond motifs is 1. The maximum Gasteiger partial charge on any atom is 0.336 e. The molecule has 1 aromatic heterocycles. The Bertz CT molecular complexity index is 616. The Labute approximate surface area is 105 Å². The van der Waals surface area contributed by atoms with Crippen LogP contribution in [0, 0.1) is 13.8 Å². The highest BCUT2D eigenvalue weighted by molar-refractivity contribution is 5.81. The lowest BCUT2D eigenvalue weighted by Gasteiger charge is -2.08. The SMILES string of the molecule is Cc1cc2oc(=O)cc(CNCCO)c2cc1C. The first kappa shape index (κ1) is 12.8. The van der Waals surface area contributed by atoms with Crippen LogP contribution in [0.25, 0.3) is 11.0 Å². The van der Waals surface area contributed by atoms with E-state index < -0.39 is 0 Å². The summed E-state index contributed by atoms with van der Waals surface area (Å²) in [5.74, 6) is 0. The standard InChI is InChI=1S/C14H17NO3/c1-9-5-12-11(8-15-3-4-16)7-14(17)18-13(12)6-10(9)2/h5-7,15-16H,3-4,8H2,1-2H3. The lowest BCUT2D eigenvalue weighted by atomic mass is 10.0. The summed E-state index contributed by atoms with van der Waals surface area (Å²) < 4.78 is 5.21. The van der Waals surface area contributed by atoms with Gasteiger partial charge in [-0.1, -0.05) is 0 Å². The zero-order valence-electron chi connectivity index (χ0n) is 10.6. The first-order valence-electron chi connectivity index (χ1n) is 5.97. The van der Waals surface area contributed by atoms with E-state index in [1.165, 1.54) is 11.6 Å². The Balaban J connectivity index is 2.50. The first-order valence-corrected chi connectivity index (χ1v) is 5.97. The molecule has 0 spiro atoms. The molecular formula is C14H17NO3. The number of hydrogen-bond acceptors (Lipinski definition) is 4. The van der Waals surface area contributed by atoms with Crippen molar-refractivity contribution in [2.24, 2.45) is 0 Å². The highest BCUT2D eigenvalue weighted by atomic mass is 16.4. The Hall–Kier alpha value is -1.65. The molecule has 2 aromatic rings. The molecule has 2 N–H and O–H groups in total. The molecule has 0 aliphatic heterocycles. The van der Waals surface area contributed by atoms with Crippen LogP contribution in [0.1, 0.15) is 16.7 Å². The van der Waals surface area contributed by atoms with Crippen LogP contribution in [0.4, 0.5) is 0 Å². The second kappa shape index (κ2) is 5.33. The number of hydrogen-bond donors (Lipinski definition) is 2. The van der Waals surface area contributed by atoms with Gasteiger partial charge >= 0.3 is 5.63 Å². The molecule has 0 saturated heterocycles. The van der Waals surface area contributed by atoms with E-state index in [2.05, 4.69) is 5.32 Å². The second-order valence-electron chi connectivity index (χ2n) is 4.42. The van der Waals surface area contributed by atoms with Crippen LogP contribution in [0.5, 0.6) is 0 Å². The Morgan fingerprint density at radius 2 is 1.94 bits per heavy atom. The highest BCUT2D eigenvalue weighted by Crippen LogP contribution is 2.21. The number of benzene rings is 1. The van der Waals surface area contributed by atoms with Gasteiger partial charge in [-0.25, -0.2) is 4.79 Å². The molecule has 0 unspecified atom stereocenters. The van der Waals surface area contributed by atoms with Crippen LogP contribution in [0.15, 0.2) is 27.4 Å². The van der Waals surface area contributed by atoms with E-state index >= 15 is 0 Å².